The number of hydrogen-bond acceptors (Lipinski definition) is 5. The van der Waals surface area contributed by atoms with Gasteiger partial charge in [-0.25, -0.2) is 4.79 Å². The van der Waals surface area contributed by atoms with E-state index in [9.17, 15) is 4.79 Å². The van der Waals surface area contributed by atoms with Crippen molar-refractivity contribution in [3.63, 3.8) is 0 Å². The van der Waals surface area contributed by atoms with E-state index >= 15 is 0 Å². The normalized spacial score (nSPS) is 9.69. The number of nitrogens with zero attached hydrogens (tertiary/aromatic N) is 2. The van der Waals surface area contributed by atoms with Crippen LogP contribution in [-0.4, -0.2) is 46.5 Å². The SMILES string of the molecule is Cc1cc(N(CCO)CCO)nc(=O)[nH]1.[Cl-]. The summed E-state index contributed by atoms with van der Waals surface area (Å²) in [5.74, 6) is 0.472. The van der Waals surface area contributed by atoms with Gasteiger partial charge in [-0.15, -0.1) is 0 Å². The topological polar surface area (TPSA) is 89.4 Å². The maximum atomic E-state index is 11.1. The van der Waals surface area contributed by atoms with Crippen LogP contribution in [-0.2, 0) is 0 Å². The van der Waals surface area contributed by atoms with Crippen LogP contribution in [0.1, 0.15) is 5.69 Å². The zero-order chi connectivity index (χ0) is 11.3. The first-order valence-electron chi connectivity index (χ1n) is 4.72. The molecule has 0 unspecified atom stereocenters. The van der Waals surface area contributed by atoms with Crippen LogP contribution in [0.25, 0.3) is 0 Å². The largest absolute Gasteiger partial charge is 1.00 e. The molecule has 7 heteroatoms. The van der Waals surface area contributed by atoms with Crippen molar-refractivity contribution >= 4 is 5.82 Å². The van der Waals surface area contributed by atoms with Crippen LogP contribution in [0.2, 0.25) is 0 Å². The molecule has 0 bridgehead atoms. The third-order valence-electron chi connectivity index (χ3n) is 1.93. The monoisotopic (exact) mass is 248 g/mol. The lowest BCUT2D eigenvalue weighted by atomic mass is 10.4. The molecule has 0 radical (unpaired) electrons. The second kappa shape index (κ2) is 7.21. The fraction of sp³-hybridized carbons (Fsp3) is 0.556. The fourth-order valence-electron chi connectivity index (χ4n) is 1.31. The predicted octanol–water partition coefficient (Wildman–Crippen LogP) is -4.13. The van der Waals surface area contributed by atoms with E-state index < -0.39 is 5.69 Å². The van der Waals surface area contributed by atoms with Crippen molar-refractivity contribution in [2.45, 2.75) is 6.92 Å². The van der Waals surface area contributed by atoms with E-state index in [0.717, 1.165) is 0 Å². The first-order chi connectivity index (χ1) is 7.17. The molecule has 1 aromatic heterocycles. The molecule has 1 aromatic rings. The molecule has 0 saturated carbocycles. The number of hydrogen-bond donors (Lipinski definition) is 3. The Bertz CT molecular complexity index is 363. The van der Waals surface area contributed by atoms with Crippen LogP contribution in [0.15, 0.2) is 10.9 Å². The Morgan fingerprint density at radius 1 is 1.38 bits per heavy atom. The molecule has 0 atom stereocenters. The van der Waals surface area contributed by atoms with E-state index in [1.54, 1.807) is 17.9 Å². The number of aliphatic hydroxyl groups is 2. The van der Waals surface area contributed by atoms with Gasteiger partial charge >= 0.3 is 5.69 Å². The third kappa shape index (κ3) is 4.18. The molecule has 0 saturated heterocycles. The van der Waals surface area contributed by atoms with Crippen molar-refractivity contribution in [1.29, 1.82) is 0 Å². The van der Waals surface area contributed by atoms with Gasteiger partial charge in [0, 0.05) is 18.8 Å². The first kappa shape index (κ1) is 14.9. The number of rotatable bonds is 5. The highest BCUT2D eigenvalue weighted by Crippen LogP contribution is 2.07. The molecule has 0 aliphatic rings. The molecule has 92 valence electrons. The third-order valence-corrected chi connectivity index (χ3v) is 1.93. The van der Waals surface area contributed by atoms with E-state index in [2.05, 4.69) is 9.97 Å². The zero-order valence-corrected chi connectivity index (χ0v) is 9.74. The minimum Gasteiger partial charge on any atom is -1.00 e. The van der Waals surface area contributed by atoms with Gasteiger partial charge in [0.25, 0.3) is 0 Å². The number of halogens is 1. The summed E-state index contributed by atoms with van der Waals surface area (Å²) in [4.78, 5) is 19.1. The van der Waals surface area contributed by atoms with Gasteiger partial charge in [-0.3, -0.25) is 0 Å². The molecule has 16 heavy (non-hydrogen) atoms. The van der Waals surface area contributed by atoms with E-state index in [4.69, 9.17) is 10.2 Å². The molecule has 1 rings (SSSR count). The standard InChI is InChI=1S/C9H15N3O3.ClH/c1-7-6-8(11-9(15)10-7)12(2-4-13)3-5-14;/h6,13-14H,2-5H2,1H3,(H,10,11,15);1H/p-1. The molecular weight excluding hydrogens is 234 g/mol. The fourth-order valence-corrected chi connectivity index (χ4v) is 1.31. The summed E-state index contributed by atoms with van der Waals surface area (Å²) in [6.07, 6.45) is 0. The molecule has 3 N–H and O–H groups in total. The van der Waals surface area contributed by atoms with Gasteiger partial charge in [-0.1, -0.05) is 0 Å². The Morgan fingerprint density at radius 2 is 1.94 bits per heavy atom. The summed E-state index contributed by atoms with van der Waals surface area (Å²) >= 11 is 0. The van der Waals surface area contributed by atoms with E-state index in [0.29, 0.717) is 24.6 Å². The van der Waals surface area contributed by atoms with E-state index in [1.165, 1.54) is 0 Å². The number of nitrogens with one attached hydrogen (secondary N) is 1. The van der Waals surface area contributed by atoms with Crippen molar-refractivity contribution in [1.82, 2.24) is 9.97 Å². The number of anilines is 1. The second-order valence-electron chi connectivity index (χ2n) is 3.16. The number of aryl methyl sites for hydroxylation is 1. The van der Waals surface area contributed by atoms with E-state index in [-0.39, 0.29) is 25.6 Å². The van der Waals surface area contributed by atoms with Crippen LogP contribution < -0.4 is 23.0 Å². The summed E-state index contributed by atoms with van der Waals surface area (Å²) in [5, 5.41) is 17.7. The summed E-state index contributed by atoms with van der Waals surface area (Å²) < 4.78 is 0. The van der Waals surface area contributed by atoms with E-state index in [1.807, 2.05) is 0 Å². The van der Waals surface area contributed by atoms with Crippen LogP contribution in [0.3, 0.4) is 0 Å². The lowest BCUT2D eigenvalue weighted by molar-refractivity contribution is -0.00000569. The Balaban J connectivity index is 0.00000225. The summed E-state index contributed by atoms with van der Waals surface area (Å²) in [6, 6.07) is 1.70. The molecular formula is C9H15ClN3O3-. The molecule has 0 aliphatic carbocycles. The van der Waals surface area contributed by atoms with Crippen molar-refractivity contribution in [3.8, 4) is 0 Å². The summed E-state index contributed by atoms with van der Waals surface area (Å²) in [5.41, 5.74) is 0.275. The quantitative estimate of drug-likeness (QED) is 0.493. The zero-order valence-electron chi connectivity index (χ0n) is 8.98. The van der Waals surface area contributed by atoms with Gasteiger partial charge in [0.1, 0.15) is 5.82 Å². The van der Waals surface area contributed by atoms with Crippen LogP contribution in [0.5, 0.6) is 0 Å². The Hall–Kier alpha value is -1.11. The minimum atomic E-state index is -0.425. The molecule has 0 amide bonds. The van der Waals surface area contributed by atoms with Crippen molar-refractivity contribution in [2.75, 3.05) is 31.2 Å². The number of aromatic nitrogens is 2. The minimum absolute atomic E-state index is 0. The lowest BCUT2D eigenvalue weighted by Crippen LogP contribution is -3.00. The summed E-state index contributed by atoms with van der Waals surface area (Å²) in [7, 11) is 0. The second-order valence-corrected chi connectivity index (χ2v) is 3.16. The Morgan fingerprint density at radius 3 is 2.38 bits per heavy atom. The van der Waals surface area contributed by atoms with Gasteiger partial charge in [0.2, 0.25) is 0 Å². The number of aromatic amines is 1. The van der Waals surface area contributed by atoms with Crippen LogP contribution in [0.4, 0.5) is 5.82 Å². The number of H-pyrrole nitrogens is 1. The predicted molar refractivity (Wildman–Crippen MR) is 56.0 cm³/mol. The maximum Gasteiger partial charge on any atom is 0.347 e. The van der Waals surface area contributed by atoms with Gasteiger partial charge in [0.05, 0.1) is 13.2 Å². The molecule has 0 fully saturated rings. The Labute approximate surface area is 99.4 Å². The molecule has 0 spiro atoms. The maximum absolute atomic E-state index is 11.1. The first-order valence-corrected chi connectivity index (χ1v) is 4.72. The van der Waals surface area contributed by atoms with Crippen molar-refractivity contribution in [2.24, 2.45) is 0 Å². The average Bonchev–Trinajstić information content (AvgIpc) is 2.16. The van der Waals surface area contributed by atoms with Crippen molar-refractivity contribution < 1.29 is 22.6 Å². The van der Waals surface area contributed by atoms with Gasteiger partial charge in [0.15, 0.2) is 0 Å². The molecule has 6 nitrogen and oxygen atoms in total. The highest BCUT2D eigenvalue weighted by atomic mass is 35.5. The molecule has 1 heterocycles. The number of aliphatic hydroxyl groups excluding tert-OH is 2. The van der Waals surface area contributed by atoms with Gasteiger partial charge in [-0.2, -0.15) is 4.98 Å². The van der Waals surface area contributed by atoms with Crippen molar-refractivity contribution in [3.05, 3.63) is 22.2 Å². The van der Waals surface area contributed by atoms with Crippen LogP contribution in [0, 0.1) is 6.92 Å². The van der Waals surface area contributed by atoms with Gasteiger partial charge in [-0.05, 0) is 13.0 Å². The molecule has 0 aromatic carbocycles. The average molecular weight is 249 g/mol. The molecule has 0 aliphatic heterocycles. The highest BCUT2D eigenvalue weighted by Gasteiger charge is 2.07. The highest BCUT2D eigenvalue weighted by molar-refractivity contribution is 5.38. The Kier molecular flexibility index (Phi) is 6.71. The smallest absolute Gasteiger partial charge is 0.347 e. The summed E-state index contributed by atoms with van der Waals surface area (Å²) in [6.45, 7) is 2.34. The van der Waals surface area contributed by atoms with Gasteiger partial charge < -0.3 is 32.5 Å². The lowest BCUT2D eigenvalue weighted by Gasteiger charge is -2.21. The van der Waals surface area contributed by atoms with Crippen LogP contribution >= 0.6 is 0 Å².